The molecule has 1 N–H and O–H groups in total. The minimum atomic E-state index is -1.06. The maximum absolute atomic E-state index is 13.8. The van der Waals surface area contributed by atoms with Gasteiger partial charge in [0.15, 0.2) is 0 Å². The van der Waals surface area contributed by atoms with Crippen LogP contribution in [0, 0.1) is 12.7 Å². The highest BCUT2D eigenvalue weighted by Crippen LogP contribution is 2.25. The summed E-state index contributed by atoms with van der Waals surface area (Å²) < 4.78 is 13.8. The Morgan fingerprint density at radius 1 is 1.05 bits per heavy atom. The van der Waals surface area contributed by atoms with Crippen LogP contribution in [0.4, 0.5) is 4.39 Å². The van der Waals surface area contributed by atoms with E-state index in [0.29, 0.717) is 5.69 Å². The Labute approximate surface area is 116 Å². The molecule has 20 heavy (non-hydrogen) atoms. The fourth-order valence-corrected chi connectivity index (χ4v) is 2.27. The molecule has 0 spiro atoms. The highest BCUT2D eigenvalue weighted by molar-refractivity contribution is 5.78. The van der Waals surface area contributed by atoms with Gasteiger partial charge in [-0.2, -0.15) is 0 Å². The Bertz CT molecular complexity index is 770. The molecule has 0 saturated heterocycles. The summed E-state index contributed by atoms with van der Waals surface area (Å²) in [5, 5.41) is 11.3. The monoisotopic (exact) mass is 267 g/mol. The summed E-state index contributed by atoms with van der Waals surface area (Å²) in [4.78, 5) is 4.41. The molecule has 0 aliphatic rings. The molecule has 3 heteroatoms. The molecule has 1 unspecified atom stereocenters. The lowest BCUT2D eigenvalue weighted by Crippen LogP contribution is -2.05. The average molecular weight is 267 g/mol. The van der Waals surface area contributed by atoms with Crippen LogP contribution in [0.5, 0.6) is 0 Å². The van der Waals surface area contributed by atoms with Gasteiger partial charge < -0.3 is 5.11 Å². The normalized spacial score (nSPS) is 12.6. The second-order valence-corrected chi connectivity index (χ2v) is 4.86. The smallest absolute Gasteiger partial charge is 0.129 e. The van der Waals surface area contributed by atoms with Gasteiger partial charge in [-0.1, -0.05) is 42.0 Å². The van der Waals surface area contributed by atoms with E-state index in [-0.39, 0.29) is 5.56 Å². The third-order valence-corrected chi connectivity index (χ3v) is 3.35. The third kappa shape index (κ3) is 2.28. The van der Waals surface area contributed by atoms with E-state index in [4.69, 9.17) is 0 Å². The molecule has 2 nitrogen and oxygen atoms in total. The number of hydrogen-bond donors (Lipinski definition) is 1. The molecular weight excluding hydrogens is 253 g/mol. The first-order valence-electron chi connectivity index (χ1n) is 6.45. The largest absolute Gasteiger partial charge is 0.382 e. The zero-order valence-electron chi connectivity index (χ0n) is 11.0. The molecule has 0 fully saturated rings. The third-order valence-electron chi connectivity index (χ3n) is 3.35. The van der Waals surface area contributed by atoms with E-state index in [9.17, 15) is 9.50 Å². The molecule has 3 aromatic rings. The zero-order chi connectivity index (χ0) is 14.1. The van der Waals surface area contributed by atoms with Crippen LogP contribution in [0.2, 0.25) is 0 Å². The minimum Gasteiger partial charge on any atom is -0.382 e. The number of aliphatic hydroxyl groups is 1. The number of pyridine rings is 1. The van der Waals surface area contributed by atoms with Gasteiger partial charge in [-0.3, -0.25) is 0 Å². The SMILES string of the molecule is Cc1ccc(F)c(C(O)c2ccc3ccccc3n2)c1. The predicted molar refractivity (Wildman–Crippen MR) is 76.9 cm³/mol. The Morgan fingerprint density at radius 3 is 2.70 bits per heavy atom. The van der Waals surface area contributed by atoms with Gasteiger partial charge in [-0.15, -0.1) is 0 Å². The molecular formula is C17H14FNO. The number of rotatable bonds is 2. The second-order valence-electron chi connectivity index (χ2n) is 4.86. The van der Waals surface area contributed by atoms with Crippen molar-refractivity contribution in [1.82, 2.24) is 4.98 Å². The number of aromatic nitrogens is 1. The summed E-state index contributed by atoms with van der Waals surface area (Å²) in [6.45, 7) is 1.86. The van der Waals surface area contributed by atoms with Gasteiger partial charge in [0.1, 0.15) is 11.9 Å². The lowest BCUT2D eigenvalue weighted by Gasteiger charge is -2.13. The van der Waals surface area contributed by atoms with Crippen LogP contribution in [0.1, 0.15) is 22.9 Å². The molecule has 0 bridgehead atoms. The van der Waals surface area contributed by atoms with Crippen LogP contribution in [0.25, 0.3) is 10.9 Å². The zero-order valence-corrected chi connectivity index (χ0v) is 11.0. The summed E-state index contributed by atoms with van der Waals surface area (Å²) >= 11 is 0. The van der Waals surface area contributed by atoms with E-state index < -0.39 is 11.9 Å². The van der Waals surface area contributed by atoms with Crippen LogP contribution in [-0.4, -0.2) is 10.1 Å². The molecule has 1 atom stereocenters. The summed E-state index contributed by atoms with van der Waals surface area (Å²) in [6, 6.07) is 16.0. The van der Waals surface area contributed by atoms with Crippen molar-refractivity contribution in [2.45, 2.75) is 13.0 Å². The molecule has 0 aliphatic heterocycles. The van der Waals surface area contributed by atoms with E-state index in [0.717, 1.165) is 16.5 Å². The number of hydrogen-bond acceptors (Lipinski definition) is 2. The van der Waals surface area contributed by atoms with Crippen molar-refractivity contribution in [1.29, 1.82) is 0 Å². The highest BCUT2D eigenvalue weighted by atomic mass is 19.1. The highest BCUT2D eigenvalue weighted by Gasteiger charge is 2.16. The minimum absolute atomic E-state index is 0.257. The summed E-state index contributed by atoms with van der Waals surface area (Å²) in [5.74, 6) is -0.418. The van der Waals surface area contributed by atoms with Crippen molar-refractivity contribution in [2.24, 2.45) is 0 Å². The van der Waals surface area contributed by atoms with Gasteiger partial charge in [0.25, 0.3) is 0 Å². The van der Waals surface area contributed by atoms with Crippen molar-refractivity contribution in [3.8, 4) is 0 Å². The molecule has 0 radical (unpaired) electrons. The summed E-state index contributed by atoms with van der Waals surface area (Å²) in [6.07, 6.45) is -1.06. The molecule has 0 saturated carbocycles. The summed E-state index contributed by atoms with van der Waals surface area (Å²) in [7, 11) is 0. The van der Waals surface area contributed by atoms with Crippen molar-refractivity contribution in [3.63, 3.8) is 0 Å². The van der Waals surface area contributed by atoms with Crippen molar-refractivity contribution >= 4 is 10.9 Å². The van der Waals surface area contributed by atoms with Crippen molar-refractivity contribution < 1.29 is 9.50 Å². The molecule has 1 aromatic heterocycles. The van der Waals surface area contributed by atoms with Crippen LogP contribution < -0.4 is 0 Å². The fraction of sp³-hybridized carbons (Fsp3) is 0.118. The molecule has 3 rings (SSSR count). The number of para-hydroxylation sites is 1. The van der Waals surface area contributed by atoms with Gasteiger partial charge in [-0.05, 0) is 25.1 Å². The topological polar surface area (TPSA) is 33.1 Å². The summed E-state index contributed by atoms with van der Waals surface area (Å²) in [5.41, 5.74) is 2.40. The Hall–Kier alpha value is -2.26. The van der Waals surface area contributed by atoms with E-state index in [1.807, 2.05) is 37.3 Å². The van der Waals surface area contributed by atoms with Gasteiger partial charge in [-0.25, -0.2) is 9.37 Å². The van der Waals surface area contributed by atoms with Crippen molar-refractivity contribution in [3.05, 3.63) is 77.2 Å². The Kier molecular flexibility index (Phi) is 3.20. The molecule has 0 aliphatic carbocycles. The van der Waals surface area contributed by atoms with E-state index in [1.54, 1.807) is 18.2 Å². The maximum Gasteiger partial charge on any atom is 0.129 e. The molecule has 100 valence electrons. The maximum atomic E-state index is 13.8. The molecule has 0 amide bonds. The van der Waals surface area contributed by atoms with Crippen molar-refractivity contribution in [2.75, 3.05) is 0 Å². The first-order chi connectivity index (χ1) is 9.65. The van der Waals surface area contributed by atoms with Gasteiger partial charge >= 0.3 is 0 Å². The lowest BCUT2D eigenvalue weighted by molar-refractivity contribution is 0.210. The Morgan fingerprint density at radius 2 is 1.85 bits per heavy atom. The molecule has 1 heterocycles. The van der Waals surface area contributed by atoms with Crippen LogP contribution in [0.15, 0.2) is 54.6 Å². The molecule has 2 aromatic carbocycles. The van der Waals surface area contributed by atoms with Gasteiger partial charge in [0, 0.05) is 10.9 Å². The number of aryl methyl sites for hydroxylation is 1. The lowest BCUT2D eigenvalue weighted by atomic mass is 10.0. The van der Waals surface area contributed by atoms with E-state index in [1.165, 1.54) is 6.07 Å². The first kappa shape index (κ1) is 12.8. The predicted octanol–water partition coefficient (Wildman–Crippen LogP) is 3.76. The van der Waals surface area contributed by atoms with E-state index in [2.05, 4.69) is 4.98 Å². The van der Waals surface area contributed by atoms with Gasteiger partial charge in [0.2, 0.25) is 0 Å². The second kappa shape index (κ2) is 5.02. The number of aliphatic hydroxyl groups excluding tert-OH is 1. The number of benzene rings is 2. The quantitative estimate of drug-likeness (QED) is 0.766. The number of fused-ring (bicyclic) bond motifs is 1. The van der Waals surface area contributed by atoms with Crippen LogP contribution in [0.3, 0.4) is 0 Å². The fourth-order valence-electron chi connectivity index (χ4n) is 2.27. The number of nitrogens with zero attached hydrogens (tertiary/aromatic N) is 1. The van der Waals surface area contributed by atoms with Crippen LogP contribution >= 0.6 is 0 Å². The van der Waals surface area contributed by atoms with E-state index >= 15 is 0 Å². The standard InChI is InChI=1S/C17H14FNO/c1-11-6-8-14(18)13(10-11)17(20)16-9-7-12-4-2-3-5-15(12)19-16/h2-10,17,20H,1H3. The van der Waals surface area contributed by atoms with Crippen LogP contribution in [-0.2, 0) is 0 Å². The average Bonchev–Trinajstić information content (AvgIpc) is 2.48. The number of halogens is 1. The van der Waals surface area contributed by atoms with Gasteiger partial charge in [0.05, 0.1) is 11.2 Å². The first-order valence-corrected chi connectivity index (χ1v) is 6.45. The Balaban J connectivity index is 2.07.